The second-order valence-electron chi connectivity index (χ2n) is 6.09. The van der Waals surface area contributed by atoms with E-state index in [-0.39, 0.29) is 18.3 Å². The molecule has 7 heteroatoms. The highest BCUT2D eigenvalue weighted by Gasteiger charge is 2.36. The molecule has 0 fully saturated rings. The van der Waals surface area contributed by atoms with Gasteiger partial charge in [0.25, 0.3) is 5.91 Å². The van der Waals surface area contributed by atoms with E-state index in [9.17, 15) is 18.0 Å². The predicted octanol–water partition coefficient (Wildman–Crippen LogP) is 4.51. The van der Waals surface area contributed by atoms with Crippen LogP contribution < -0.4 is 5.32 Å². The van der Waals surface area contributed by atoms with Crippen molar-refractivity contribution in [1.82, 2.24) is 9.78 Å². The zero-order chi connectivity index (χ0) is 17.9. The van der Waals surface area contributed by atoms with Gasteiger partial charge in [-0.2, -0.15) is 18.3 Å². The van der Waals surface area contributed by atoms with Crippen molar-refractivity contribution >= 4 is 11.7 Å². The fourth-order valence-electron chi connectivity index (χ4n) is 2.27. The van der Waals surface area contributed by atoms with E-state index in [0.717, 1.165) is 16.3 Å². The minimum absolute atomic E-state index is 0.0978. The van der Waals surface area contributed by atoms with Gasteiger partial charge in [-0.1, -0.05) is 32.0 Å². The van der Waals surface area contributed by atoms with Crippen molar-refractivity contribution < 1.29 is 18.0 Å². The molecule has 1 aromatic heterocycles. The van der Waals surface area contributed by atoms with Crippen molar-refractivity contribution in [3.05, 3.63) is 47.2 Å². The molecule has 0 aliphatic carbocycles. The molecular weight excluding hydrogens is 319 g/mol. The Bertz CT molecular complexity index is 720. The topological polar surface area (TPSA) is 46.9 Å². The Morgan fingerprint density at radius 1 is 1.29 bits per heavy atom. The maximum atomic E-state index is 13.1. The van der Waals surface area contributed by atoms with E-state index in [4.69, 9.17) is 0 Å². The number of hydrogen-bond acceptors (Lipinski definition) is 2. The van der Waals surface area contributed by atoms with Gasteiger partial charge in [-0.25, -0.2) is 0 Å². The summed E-state index contributed by atoms with van der Waals surface area (Å²) in [6, 6.07) is 7.73. The molecule has 0 saturated heterocycles. The molecule has 0 atom stereocenters. The van der Waals surface area contributed by atoms with E-state index in [1.165, 1.54) is 0 Å². The number of rotatable bonds is 5. The first-order valence-corrected chi connectivity index (χ1v) is 7.70. The number of carbonyl (C=O) groups is 1. The molecule has 0 spiro atoms. The van der Waals surface area contributed by atoms with E-state index >= 15 is 0 Å². The molecule has 1 amide bonds. The van der Waals surface area contributed by atoms with Crippen LogP contribution in [0.4, 0.5) is 19.0 Å². The standard InChI is InChI=1S/C17H20F3N3O/c1-11(2)8-9-23-14(17(18,19)20)10-15(22-23)21-16(24)13-7-5-4-6-12(13)3/h4-7,10-11H,8-9H2,1-3H3,(H,21,22,24). The monoisotopic (exact) mass is 339 g/mol. The van der Waals surface area contributed by atoms with Crippen LogP contribution in [-0.2, 0) is 12.7 Å². The second kappa shape index (κ2) is 7.07. The van der Waals surface area contributed by atoms with E-state index in [1.54, 1.807) is 31.2 Å². The summed E-state index contributed by atoms with van der Waals surface area (Å²) in [5.41, 5.74) is 0.288. The van der Waals surface area contributed by atoms with Gasteiger partial charge in [0.15, 0.2) is 5.82 Å². The third-order valence-electron chi connectivity index (χ3n) is 3.62. The Hall–Kier alpha value is -2.31. The number of anilines is 1. The van der Waals surface area contributed by atoms with E-state index in [2.05, 4.69) is 10.4 Å². The molecule has 130 valence electrons. The Morgan fingerprint density at radius 2 is 1.96 bits per heavy atom. The average molecular weight is 339 g/mol. The predicted molar refractivity (Wildman–Crippen MR) is 85.8 cm³/mol. The highest BCUT2D eigenvalue weighted by atomic mass is 19.4. The van der Waals surface area contributed by atoms with Crippen LogP contribution in [0.15, 0.2) is 30.3 Å². The lowest BCUT2D eigenvalue weighted by atomic mass is 10.1. The summed E-state index contributed by atoms with van der Waals surface area (Å²) >= 11 is 0. The fraction of sp³-hybridized carbons (Fsp3) is 0.412. The molecule has 1 aromatic carbocycles. The quantitative estimate of drug-likeness (QED) is 0.871. The molecule has 2 rings (SSSR count). The number of benzene rings is 1. The number of carbonyl (C=O) groups excluding carboxylic acids is 1. The molecule has 2 aromatic rings. The molecule has 24 heavy (non-hydrogen) atoms. The Morgan fingerprint density at radius 3 is 2.54 bits per heavy atom. The van der Waals surface area contributed by atoms with Gasteiger partial charge in [-0.15, -0.1) is 0 Å². The van der Waals surface area contributed by atoms with Gasteiger partial charge in [0.1, 0.15) is 5.69 Å². The van der Waals surface area contributed by atoms with Crippen LogP contribution in [0.3, 0.4) is 0 Å². The number of hydrogen-bond donors (Lipinski definition) is 1. The lowest BCUT2D eigenvalue weighted by Gasteiger charge is -2.11. The van der Waals surface area contributed by atoms with Gasteiger partial charge in [-0.05, 0) is 30.9 Å². The molecule has 0 aliphatic heterocycles. The average Bonchev–Trinajstić information content (AvgIpc) is 2.88. The van der Waals surface area contributed by atoms with Crippen LogP contribution >= 0.6 is 0 Å². The van der Waals surface area contributed by atoms with Crippen LogP contribution in [0.1, 0.15) is 41.9 Å². The molecule has 0 bridgehead atoms. The van der Waals surface area contributed by atoms with Gasteiger partial charge in [-0.3, -0.25) is 9.48 Å². The lowest BCUT2D eigenvalue weighted by Crippen LogP contribution is -2.16. The number of halogens is 3. The fourth-order valence-corrected chi connectivity index (χ4v) is 2.27. The lowest BCUT2D eigenvalue weighted by molar-refractivity contribution is -0.144. The molecule has 0 unspecified atom stereocenters. The molecule has 1 N–H and O–H groups in total. The Balaban J connectivity index is 2.24. The van der Waals surface area contributed by atoms with Crippen molar-refractivity contribution in [2.24, 2.45) is 5.92 Å². The van der Waals surface area contributed by atoms with E-state index in [0.29, 0.717) is 12.0 Å². The highest BCUT2D eigenvalue weighted by Crippen LogP contribution is 2.31. The molecular formula is C17H20F3N3O. The summed E-state index contributed by atoms with van der Waals surface area (Å²) in [6.45, 7) is 5.76. The number of amides is 1. The Kier molecular flexibility index (Phi) is 5.31. The summed E-state index contributed by atoms with van der Waals surface area (Å²) in [4.78, 5) is 12.2. The zero-order valence-electron chi connectivity index (χ0n) is 13.8. The van der Waals surface area contributed by atoms with Crippen LogP contribution in [0.5, 0.6) is 0 Å². The third-order valence-corrected chi connectivity index (χ3v) is 3.62. The molecule has 1 heterocycles. The smallest absolute Gasteiger partial charge is 0.305 e. The number of aromatic nitrogens is 2. The van der Waals surface area contributed by atoms with Gasteiger partial charge in [0, 0.05) is 18.2 Å². The summed E-state index contributed by atoms with van der Waals surface area (Å²) in [5.74, 6) is -0.324. The van der Waals surface area contributed by atoms with E-state index in [1.807, 2.05) is 13.8 Å². The summed E-state index contributed by atoms with van der Waals surface area (Å²) in [5, 5.41) is 6.36. The van der Waals surface area contributed by atoms with Crippen molar-refractivity contribution in [2.45, 2.75) is 39.9 Å². The number of alkyl halides is 3. The number of nitrogens with one attached hydrogen (secondary N) is 1. The largest absolute Gasteiger partial charge is 0.433 e. The molecule has 0 saturated carbocycles. The first-order chi connectivity index (χ1) is 11.2. The van der Waals surface area contributed by atoms with Crippen LogP contribution in [-0.4, -0.2) is 15.7 Å². The molecule has 0 aliphatic rings. The normalized spacial score (nSPS) is 11.8. The summed E-state index contributed by atoms with van der Waals surface area (Å²) in [7, 11) is 0. The summed E-state index contributed by atoms with van der Waals surface area (Å²) in [6.07, 6.45) is -3.95. The molecule has 4 nitrogen and oxygen atoms in total. The van der Waals surface area contributed by atoms with Crippen LogP contribution in [0, 0.1) is 12.8 Å². The van der Waals surface area contributed by atoms with Crippen LogP contribution in [0.25, 0.3) is 0 Å². The zero-order valence-corrected chi connectivity index (χ0v) is 13.8. The maximum Gasteiger partial charge on any atom is 0.433 e. The number of nitrogens with zero attached hydrogens (tertiary/aromatic N) is 2. The van der Waals surface area contributed by atoms with Gasteiger partial charge in [0.2, 0.25) is 0 Å². The minimum Gasteiger partial charge on any atom is -0.305 e. The first kappa shape index (κ1) is 18.0. The van der Waals surface area contributed by atoms with E-state index < -0.39 is 17.8 Å². The first-order valence-electron chi connectivity index (χ1n) is 7.70. The van der Waals surface area contributed by atoms with Gasteiger partial charge in [0.05, 0.1) is 0 Å². The van der Waals surface area contributed by atoms with Crippen molar-refractivity contribution in [2.75, 3.05) is 5.32 Å². The maximum absolute atomic E-state index is 13.1. The summed E-state index contributed by atoms with van der Waals surface area (Å²) < 4.78 is 40.3. The second-order valence-corrected chi connectivity index (χ2v) is 6.09. The SMILES string of the molecule is Cc1ccccc1C(=O)Nc1cc(C(F)(F)F)n(CCC(C)C)n1. The minimum atomic E-state index is -4.52. The van der Waals surface area contributed by atoms with Crippen molar-refractivity contribution in [3.8, 4) is 0 Å². The molecule has 0 radical (unpaired) electrons. The highest BCUT2D eigenvalue weighted by molar-refractivity contribution is 6.04. The van der Waals surface area contributed by atoms with Crippen LogP contribution in [0.2, 0.25) is 0 Å². The Labute approximate surface area is 138 Å². The van der Waals surface area contributed by atoms with Gasteiger partial charge < -0.3 is 5.32 Å². The van der Waals surface area contributed by atoms with Gasteiger partial charge >= 0.3 is 6.18 Å². The van der Waals surface area contributed by atoms with Crippen molar-refractivity contribution in [1.29, 1.82) is 0 Å². The number of aryl methyl sites for hydroxylation is 2. The van der Waals surface area contributed by atoms with Crippen molar-refractivity contribution in [3.63, 3.8) is 0 Å². The third kappa shape index (κ3) is 4.37.